The Morgan fingerprint density at radius 1 is 1.29 bits per heavy atom. The van der Waals surface area contributed by atoms with Crippen molar-refractivity contribution < 1.29 is 0 Å². The van der Waals surface area contributed by atoms with Gasteiger partial charge in [-0.3, -0.25) is 4.90 Å². The van der Waals surface area contributed by atoms with E-state index in [4.69, 9.17) is 5.73 Å². The SMILES string of the molecule is CCCC(C)(CN)N(CC)C(C)CC. The van der Waals surface area contributed by atoms with E-state index in [1.807, 2.05) is 0 Å². The number of nitrogens with two attached hydrogens (primary N) is 1. The minimum absolute atomic E-state index is 0.193. The van der Waals surface area contributed by atoms with Crippen molar-refractivity contribution in [3.8, 4) is 0 Å². The third kappa shape index (κ3) is 3.25. The van der Waals surface area contributed by atoms with Crippen LogP contribution < -0.4 is 5.73 Å². The second kappa shape index (κ2) is 6.41. The Labute approximate surface area is 89.9 Å². The molecule has 2 N–H and O–H groups in total. The monoisotopic (exact) mass is 200 g/mol. The summed E-state index contributed by atoms with van der Waals surface area (Å²) in [5, 5.41) is 0. The molecule has 0 spiro atoms. The van der Waals surface area contributed by atoms with E-state index in [9.17, 15) is 0 Å². The lowest BCUT2D eigenvalue weighted by Gasteiger charge is -2.44. The van der Waals surface area contributed by atoms with Gasteiger partial charge in [-0.25, -0.2) is 0 Å². The standard InChI is InChI=1S/C12H28N2/c1-6-9-12(5,10-13)14(8-3)11(4)7-2/h11H,6-10,13H2,1-5H3. The van der Waals surface area contributed by atoms with Crippen LogP contribution in [0.15, 0.2) is 0 Å². The van der Waals surface area contributed by atoms with Crippen molar-refractivity contribution in [3.05, 3.63) is 0 Å². The summed E-state index contributed by atoms with van der Waals surface area (Å²) >= 11 is 0. The van der Waals surface area contributed by atoms with Crippen molar-refractivity contribution in [2.75, 3.05) is 13.1 Å². The fourth-order valence-electron chi connectivity index (χ4n) is 2.35. The second-order valence-electron chi connectivity index (χ2n) is 4.49. The van der Waals surface area contributed by atoms with E-state index in [1.54, 1.807) is 0 Å². The van der Waals surface area contributed by atoms with Crippen LogP contribution >= 0.6 is 0 Å². The van der Waals surface area contributed by atoms with E-state index < -0.39 is 0 Å². The molecule has 0 aromatic rings. The van der Waals surface area contributed by atoms with Gasteiger partial charge in [-0.05, 0) is 33.2 Å². The van der Waals surface area contributed by atoms with Crippen molar-refractivity contribution in [2.45, 2.75) is 65.5 Å². The van der Waals surface area contributed by atoms with E-state index in [0.29, 0.717) is 6.04 Å². The second-order valence-corrected chi connectivity index (χ2v) is 4.49. The molecular weight excluding hydrogens is 172 g/mol. The molecule has 0 aliphatic carbocycles. The van der Waals surface area contributed by atoms with Crippen molar-refractivity contribution in [1.29, 1.82) is 0 Å². The van der Waals surface area contributed by atoms with Gasteiger partial charge in [0.15, 0.2) is 0 Å². The van der Waals surface area contributed by atoms with Crippen LogP contribution in [-0.4, -0.2) is 29.6 Å². The molecule has 2 unspecified atom stereocenters. The number of hydrogen-bond acceptors (Lipinski definition) is 2. The molecule has 14 heavy (non-hydrogen) atoms. The zero-order valence-corrected chi connectivity index (χ0v) is 10.6. The molecule has 0 fully saturated rings. The molecule has 0 radical (unpaired) electrons. The molecule has 86 valence electrons. The van der Waals surface area contributed by atoms with Gasteiger partial charge >= 0.3 is 0 Å². The Morgan fingerprint density at radius 2 is 1.86 bits per heavy atom. The first-order valence-electron chi connectivity index (χ1n) is 6.02. The van der Waals surface area contributed by atoms with Crippen molar-refractivity contribution >= 4 is 0 Å². The zero-order valence-electron chi connectivity index (χ0n) is 10.6. The summed E-state index contributed by atoms with van der Waals surface area (Å²) in [6.45, 7) is 13.2. The van der Waals surface area contributed by atoms with Gasteiger partial charge in [-0.15, -0.1) is 0 Å². The average Bonchev–Trinajstić information content (AvgIpc) is 2.19. The quantitative estimate of drug-likeness (QED) is 0.684. The largest absolute Gasteiger partial charge is 0.329 e. The highest BCUT2D eigenvalue weighted by atomic mass is 15.2. The Kier molecular flexibility index (Phi) is 6.38. The topological polar surface area (TPSA) is 29.3 Å². The maximum Gasteiger partial charge on any atom is 0.0306 e. The highest BCUT2D eigenvalue weighted by Crippen LogP contribution is 2.23. The van der Waals surface area contributed by atoms with Crippen LogP contribution in [0.5, 0.6) is 0 Å². The Morgan fingerprint density at radius 3 is 2.14 bits per heavy atom. The highest BCUT2D eigenvalue weighted by molar-refractivity contribution is 4.88. The maximum atomic E-state index is 5.92. The third-order valence-corrected chi connectivity index (χ3v) is 3.39. The zero-order chi connectivity index (χ0) is 11.2. The summed E-state index contributed by atoms with van der Waals surface area (Å²) in [4.78, 5) is 2.55. The molecule has 2 nitrogen and oxygen atoms in total. The first-order valence-corrected chi connectivity index (χ1v) is 6.02. The predicted molar refractivity (Wildman–Crippen MR) is 64.5 cm³/mol. The minimum atomic E-state index is 0.193. The third-order valence-electron chi connectivity index (χ3n) is 3.39. The van der Waals surface area contributed by atoms with Gasteiger partial charge in [0.2, 0.25) is 0 Å². The molecular formula is C12H28N2. The van der Waals surface area contributed by atoms with Gasteiger partial charge in [0.25, 0.3) is 0 Å². The molecule has 0 heterocycles. The van der Waals surface area contributed by atoms with Gasteiger partial charge in [-0.1, -0.05) is 27.2 Å². The van der Waals surface area contributed by atoms with E-state index in [2.05, 4.69) is 39.5 Å². The van der Waals surface area contributed by atoms with Gasteiger partial charge in [0.1, 0.15) is 0 Å². The van der Waals surface area contributed by atoms with Crippen LogP contribution in [0.25, 0.3) is 0 Å². The summed E-state index contributed by atoms with van der Waals surface area (Å²) in [7, 11) is 0. The summed E-state index contributed by atoms with van der Waals surface area (Å²) in [6.07, 6.45) is 3.61. The number of likely N-dealkylation sites (N-methyl/N-ethyl adjacent to an activating group) is 1. The Bertz CT molecular complexity index is 147. The molecule has 2 atom stereocenters. The lowest BCUT2D eigenvalue weighted by Crippen LogP contribution is -2.54. The van der Waals surface area contributed by atoms with Crippen molar-refractivity contribution in [1.82, 2.24) is 4.90 Å². The van der Waals surface area contributed by atoms with Crippen LogP contribution in [0.3, 0.4) is 0 Å². The average molecular weight is 200 g/mol. The highest BCUT2D eigenvalue weighted by Gasteiger charge is 2.30. The van der Waals surface area contributed by atoms with Crippen molar-refractivity contribution in [3.63, 3.8) is 0 Å². The lowest BCUT2D eigenvalue weighted by molar-refractivity contribution is 0.0645. The van der Waals surface area contributed by atoms with Crippen LogP contribution in [0.4, 0.5) is 0 Å². The van der Waals surface area contributed by atoms with E-state index in [-0.39, 0.29) is 5.54 Å². The van der Waals surface area contributed by atoms with Gasteiger partial charge < -0.3 is 5.73 Å². The number of nitrogens with zero attached hydrogens (tertiary/aromatic N) is 1. The van der Waals surface area contributed by atoms with Crippen LogP contribution in [0, 0.1) is 0 Å². The summed E-state index contributed by atoms with van der Waals surface area (Å²) in [6, 6.07) is 0.639. The molecule has 0 saturated heterocycles. The first-order chi connectivity index (χ1) is 6.55. The van der Waals surface area contributed by atoms with Crippen LogP contribution in [0.2, 0.25) is 0 Å². The van der Waals surface area contributed by atoms with Gasteiger partial charge in [0.05, 0.1) is 0 Å². The van der Waals surface area contributed by atoms with Crippen molar-refractivity contribution in [2.24, 2.45) is 5.73 Å². The molecule has 0 saturated carbocycles. The van der Waals surface area contributed by atoms with E-state index >= 15 is 0 Å². The Hall–Kier alpha value is -0.0800. The lowest BCUT2D eigenvalue weighted by atomic mass is 9.92. The Balaban J connectivity index is 4.57. The summed E-state index contributed by atoms with van der Waals surface area (Å²) in [5.41, 5.74) is 6.11. The normalized spacial score (nSPS) is 18.2. The molecule has 0 rings (SSSR count). The van der Waals surface area contributed by atoms with E-state index in [1.165, 1.54) is 19.3 Å². The maximum absolute atomic E-state index is 5.92. The molecule has 0 bridgehead atoms. The molecule has 0 aromatic heterocycles. The fraction of sp³-hybridized carbons (Fsp3) is 1.00. The van der Waals surface area contributed by atoms with Crippen LogP contribution in [0.1, 0.15) is 53.9 Å². The fourth-order valence-corrected chi connectivity index (χ4v) is 2.35. The van der Waals surface area contributed by atoms with E-state index in [0.717, 1.165) is 13.1 Å². The number of hydrogen-bond donors (Lipinski definition) is 1. The summed E-state index contributed by atoms with van der Waals surface area (Å²) < 4.78 is 0. The smallest absolute Gasteiger partial charge is 0.0306 e. The number of rotatable bonds is 7. The summed E-state index contributed by atoms with van der Waals surface area (Å²) in [5.74, 6) is 0. The minimum Gasteiger partial charge on any atom is -0.329 e. The van der Waals surface area contributed by atoms with Gasteiger partial charge in [-0.2, -0.15) is 0 Å². The van der Waals surface area contributed by atoms with Crippen LogP contribution in [-0.2, 0) is 0 Å². The molecule has 0 amide bonds. The predicted octanol–water partition coefficient (Wildman–Crippen LogP) is 2.62. The molecule has 2 heteroatoms. The molecule has 0 aliphatic rings. The molecule has 0 aliphatic heterocycles. The molecule has 0 aromatic carbocycles. The van der Waals surface area contributed by atoms with Gasteiger partial charge in [0, 0.05) is 18.1 Å². The first kappa shape index (κ1) is 13.9.